The van der Waals surface area contributed by atoms with Gasteiger partial charge < -0.3 is 10.8 Å². The molecule has 0 aliphatic rings. The van der Waals surface area contributed by atoms with Gasteiger partial charge in [0.1, 0.15) is 4.88 Å². The van der Waals surface area contributed by atoms with Gasteiger partial charge in [-0.3, -0.25) is 0 Å². The number of hydrogen-bond donors (Lipinski definition) is 2. The Bertz CT molecular complexity index is 742. The van der Waals surface area contributed by atoms with Crippen LogP contribution in [0.25, 0.3) is 20.5 Å². The molecule has 0 amide bonds. The molecule has 0 saturated heterocycles. The minimum atomic E-state index is -0.969. The number of fused-ring (bicyclic) bond motifs is 1. The molecule has 3 N–H and O–H groups in total. The van der Waals surface area contributed by atoms with Crippen LogP contribution in [0.1, 0.15) is 9.67 Å². The number of anilines is 1. The molecule has 0 saturated carbocycles. The van der Waals surface area contributed by atoms with E-state index in [2.05, 4.69) is 6.07 Å². The van der Waals surface area contributed by atoms with Crippen LogP contribution in [-0.4, -0.2) is 11.1 Å². The number of carboxylic acid groups (broad SMARTS) is 1. The van der Waals surface area contributed by atoms with Gasteiger partial charge in [0.2, 0.25) is 0 Å². The van der Waals surface area contributed by atoms with Gasteiger partial charge in [-0.05, 0) is 12.1 Å². The Kier molecular flexibility index (Phi) is 2.57. The largest absolute Gasteiger partial charge is 0.477 e. The Labute approximate surface area is 111 Å². The standard InChI is InChI=1S/C13H9NO2S2/c14-9-5-11(18-12(9)13(15)16)8-6-17-10-4-2-1-3-7(8)10/h1-6H,14H2,(H,15,16). The van der Waals surface area contributed by atoms with E-state index in [-0.39, 0.29) is 4.88 Å². The normalized spacial score (nSPS) is 10.9. The van der Waals surface area contributed by atoms with Gasteiger partial charge in [0.25, 0.3) is 0 Å². The first-order chi connectivity index (χ1) is 8.66. The van der Waals surface area contributed by atoms with Gasteiger partial charge in [-0.25, -0.2) is 4.79 Å². The Morgan fingerprint density at radius 2 is 2.06 bits per heavy atom. The summed E-state index contributed by atoms with van der Waals surface area (Å²) in [5.74, 6) is -0.969. The molecular weight excluding hydrogens is 266 g/mol. The summed E-state index contributed by atoms with van der Waals surface area (Å²) in [5, 5.41) is 12.2. The third-order valence-electron chi connectivity index (χ3n) is 2.70. The molecular formula is C13H9NO2S2. The predicted molar refractivity (Wildman–Crippen MR) is 76.5 cm³/mol. The highest BCUT2D eigenvalue weighted by molar-refractivity contribution is 7.20. The van der Waals surface area contributed by atoms with E-state index < -0.39 is 5.97 Å². The van der Waals surface area contributed by atoms with Crippen molar-refractivity contribution in [3.05, 3.63) is 40.6 Å². The number of rotatable bonds is 2. The fourth-order valence-corrected chi connectivity index (χ4v) is 3.86. The third kappa shape index (κ3) is 1.68. The second-order valence-corrected chi connectivity index (χ2v) is 5.81. The zero-order valence-electron chi connectivity index (χ0n) is 9.21. The van der Waals surface area contributed by atoms with Crippen molar-refractivity contribution in [2.45, 2.75) is 0 Å². The number of carboxylic acids is 1. The van der Waals surface area contributed by atoms with Gasteiger partial charge in [0.05, 0.1) is 5.69 Å². The van der Waals surface area contributed by atoms with Gasteiger partial charge in [0, 0.05) is 25.9 Å². The van der Waals surface area contributed by atoms with Gasteiger partial charge in [0.15, 0.2) is 0 Å². The fraction of sp³-hybridized carbons (Fsp3) is 0. The highest BCUT2D eigenvalue weighted by atomic mass is 32.1. The van der Waals surface area contributed by atoms with Crippen LogP contribution in [0.5, 0.6) is 0 Å². The average Bonchev–Trinajstić information content (AvgIpc) is 2.92. The van der Waals surface area contributed by atoms with Crippen LogP contribution < -0.4 is 5.73 Å². The van der Waals surface area contributed by atoms with Crippen molar-refractivity contribution in [2.24, 2.45) is 0 Å². The summed E-state index contributed by atoms with van der Waals surface area (Å²) in [6.45, 7) is 0. The van der Waals surface area contributed by atoms with E-state index in [4.69, 9.17) is 10.8 Å². The topological polar surface area (TPSA) is 63.3 Å². The number of hydrogen-bond acceptors (Lipinski definition) is 4. The van der Waals surface area contributed by atoms with Crippen LogP contribution in [0.2, 0.25) is 0 Å². The second kappa shape index (κ2) is 4.12. The Balaban J connectivity index is 2.20. The quantitative estimate of drug-likeness (QED) is 0.745. The number of carbonyl (C=O) groups is 1. The molecule has 90 valence electrons. The van der Waals surface area contributed by atoms with Crippen LogP contribution in [0.3, 0.4) is 0 Å². The van der Waals surface area contributed by atoms with E-state index in [9.17, 15) is 4.79 Å². The van der Waals surface area contributed by atoms with E-state index in [0.29, 0.717) is 5.69 Å². The number of benzene rings is 1. The molecule has 0 radical (unpaired) electrons. The maximum absolute atomic E-state index is 11.0. The maximum Gasteiger partial charge on any atom is 0.348 e. The molecule has 0 unspecified atom stereocenters. The van der Waals surface area contributed by atoms with Crippen molar-refractivity contribution in [2.75, 3.05) is 5.73 Å². The predicted octanol–water partition coefficient (Wildman–Crippen LogP) is 3.91. The molecule has 3 rings (SSSR count). The lowest BCUT2D eigenvalue weighted by Gasteiger charge is -1.94. The molecule has 0 aliphatic heterocycles. The molecule has 3 nitrogen and oxygen atoms in total. The highest BCUT2D eigenvalue weighted by Gasteiger charge is 2.15. The molecule has 0 atom stereocenters. The molecule has 3 aromatic rings. The van der Waals surface area contributed by atoms with E-state index in [1.54, 1.807) is 17.4 Å². The lowest BCUT2D eigenvalue weighted by Crippen LogP contribution is -1.96. The fourth-order valence-electron chi connectivity index (χ4n) is 1.87. The molecule has 5 heteroatoms. The molecule has 0 aliphatic carbocycles. The van der Waals surface area contributed by atoms with E-state index in [1.807, 2.05) is 23.6 Å². The Morgan fingerprint density at radius 3 is 2.78 bits per heavy atom. The van der Waals surface area contributed by atoms with Gasteiger partial charge in [-0.1, -0.05) is 18.2 Å². The van der Waals surface area contributed by atoms with Crippen LogP contribution in [0, 0.1) is 0 Å². The zero-order valence-corrected chi connectivity index (χ0v) is 10.8. The first-order valence-corrected chi connectivity index (χ1v) is 6.95. The van der Waals surface area contributed by atoms with Gasteiger partial charge in [-0.15, -0.1) is 22.7 Å². The van der Waals surface area contributed by atoms with Gasteiger partial charge >= 0.3 is 5.97 Å². The summed E-state index contributed by atoms with van der Waals surface area (Å²) >= 11 is 2.87. The molecule has 2 aromatic heterocycles. The number of nitrogens with two attached hydrogens (primary N) is 1. The van der Waals surface area contributed by atoms with Crippen molar-refractivity contribution in [3.63, 3.8) is 0 Å². The third-order valence-corrected chi connectivity index (χ3v) is 4.84. The summed E-state index contributed by atoms with van der Waals surface area (Å²) in [7, 11) is 0. The lowest BCUT2D eigenvalue weighted by atomic mass is 10.1. The van der Waals surface area contributed by atoms with Crippen LogP contribution >= 0.6 is 22.7 Å². The summed E-state index contributed by atoms with van der Waals surface area (Å²) in [6, 6.07) is 9.81. The second-order valence-electron chi connectivity index (χ2n) is 3.85. The highest BCUT2D eigenvalue weighted by Crippen LogP contribution is 2.39. The SMILES string of the molecule is Nc1cc(-c2csc3ccccc23)sc1C(=O)O. The summed E-state index contributed by atoms with van der Waals surface area (Å²) in [4.78, 5) is 12.1. The zero-order chi connectivity index (χ0) is 12.7. The Morgan fingerprint density at radius 1 is 1.28 bits per heavy atom. The van der Waals surface area contributed by atoms with Crippen molar-refractivity contribution in [3.8, 4) is 10.4 Å². The van der Waals surface area contributed by atoms with Crippen LogP contribution in [-0.2, 0) is 0 Å². The summed E-state index contributed by atoms with van der Waals surface area (Å²) < 4.78 is 1.19. The number of thiophene rings is 2. The molecule has 0 fully saturated rings. The van der Waals surface area contributed by atoms with Crippen LogP contribution in [0.4, 0.5) is 5.69 Å². The first-order valence-electron chi connectivity index (χ1n) is 5.26. The molecule has 0 spiro atoms. The number of aromatic carboxylic acids is 1. The van der Waals surface area contributed by atoms with Crippen LogP contribution in [0.15, 0.2) is 35.7 Å². The molecule has 2 heterocycles. The van der Waals surface area contributed by atoms with Gasteiger partial charge in [-0.2, -0.15) is 0 Å². The molecule has 0 bridgehead atoms. The molecule has 18 heavy (non-hydrogen) atoms. The summed E-state index contributed by atoms with van der Waals surface area (Å²) in [5.41, 5.74) is 7.11. The van der Waals surface area contributed by atoms with Crippen molar-refractivity contribution in [1.82, 2.24) is 0 Å². The smallest absolute Gasteiger partial charge is 0.348 e. The van der Waals surface area contributed by atoms with Crippen molar-refractivity contribution < 1.29 is 9.90 Å². The minimum Gasteiger partial charge on any atom is -0.477 e. The average molecular weight is 275 g/mol. The minimum absolute atomic E-state index is 0.209. The van der Waals surface area contributed by atoms with E-state index >= 15 is 0 Å². The first kappa shape index (κ1) is 11.3. The molecule has 1 aromatic carbocycles. The summed E-state index contributed by atoms with van der Waals surface area (Å²) in [6.07, 6.45) is 0. The monoisotopic (exact) mass is 275 g/mol. The van der Waals surface area contributed by atoms with E-state index in [0.717, 1.165) is 15.8 Å². The van der Waals surface area contributed by atoms with Crippen molar-refractivity contribution in [1.29, 1.82) is 0 Å². The lowest BCUT2D eigenvalue weighted by molar-refractivity contribution is 0.0703. The van der Waals surface area contributed by atoms with E-state index in [1.165, 1.54) is 16.0 Å². The Hall–Kier alpha value is -1.85. The van der Waals surface area contributed by atoms with Crippen molar-refractivity contribution >= 4 is 44.4 Å². The number of nitrogen functional groups attached to an aromatic ring is 1. The maximum atomic E-state index is 11.0.